The molecule has 2 aromatic rings. The summed E-state index contributed by atoms with van der Waals surface area (Å²) < 4.78 is 2.22. The Labute approximate surface area is 134 Å². The average Bonchev–Trinajstić information content (AvgIpc) is 2.74. The Kier molecular flexibility index (Phi) is 5.06. The van der Waals surface area contributed by atoms with E-state index in [1.54, 1.807) is 11.3 Å². The molecule has 0 spiro atoms. The standard InChI is InChI=1S/C14H16Br2N2S/c1-9(17)13-4-3-11(6-14(13)16)18(2)7-12-5-10(15)8-19-12/h3-6,8-9H,7,17H2,1-2H3/t9-/m0/s1. The Morgan fingerprint density at radius 3 is 2.58 bits per heavy atom. The summed E-state index contributed by atoms with van der Waals surface area (Å²) in [5.41, 5.74) is 8.24. The minimum Gasteiger partial charge on any atom is -0.369 e. The highest BCUT2D eigenvalue weighted by Crippen LogP contribution is 2.28. The van der Waals surface area contributed by atoms with Crippen molar-refractivity contribution in [2.45, 2.75) is 19.5 Å². The second-order valence-corrected chi connectivity index (χ2v) is 7.35. The van der Waals surface area contributed by atoms with Gasteiger partial charge in [0.25, 0.3) is 0 Å². The third-order valence-corrected chi connectivity index (χ3v) is 5.30. The molecule has 0 unspecified atom stereocenters. The van der Waals surface area contributed by atoms with Crippen molar-refractivity contribution in [3.05, 3.63) is 49.0 Å². The summed E-state index contributed by atoms with van der Waals surface area (Å²) in [6.07, 6.45) is 0. The van der Waals surface area contributed by atoms with Crippen LogP contribution in [0.25, 0.3) is 0 Å². The van der Waals surface area contributed by atoms with E-state index in [9.17, 15) is 0 Å². The minimum atomic E-state index is 0.0435. The summed E-state index contributed by atoms with van der Waals surface area (Å²) in [5.74, 6) is 0. The van der Waals surface area contributed by atoms with E-state index in [-0.39, 0.29) is 6.04 Å². The quantitative estimate of drug-likeness (QED) is 0.783. The fourth-order valence-corrected chi connectivity index (χ4v) is 4.12. The van der Waals surface area contributed by atoms with Gasteiger partial charge >= 0.3 is 0 Å². The molecule has 2 N–H and O–H groups in total. The molecule has 1 aromatic carbocycles. The molecule has 0 aliphatic heterocycles. The summed E-state index contributed by atoms with van der Waals surface area (Å²) in [4.78, 5) is 3.57. The summed E-state index contributed by atoms with van der Waals surface area (Å²) in [5, 5.41) is 2.11. The fourth-order valence-electron chi connectivity index (χ4n) is 1.88. The van der Waals surface area contributed by atoms with Gasteiger partial charge < -0.3 is 10.6 Å². The number of anilines is 1. The molecule has 0 saturated heterocycles. The number of nitrogens with zero attached hydrogens (tertiary/aromatic N) is 1. The summed E-state index contributed by atoms with van der Waals surface area (Å²) in [6, 6.07) is 8.53. The average molecular weight is 404 g/mol. The van der Waals surface area contributed by atoms with Crippen LogP contribution >= 0.6 is 43.2 Å². The van der Waals surface area contributed by atoms with Gasteiger partial charge in [-0.2, -0.15) is 0 Å². The summed E-state index contributed by atoms with van der Waals surface area (Å²) >= 11 is 8.84. The minimum absolute atomic E-state index is 0.0435. The van der Waals surface area contributed by atoms with Crippen LogP contribution in [0.4, 0.5) is 5.69 Å². The van der Waals surface area contributed by atoms with Crippen LogP contribution in [0.1, 0.15) is 23.4 Å². The molecular formula is C14H16Br2N2S. The third-order valence-electron chi connectivity index (χ3n) is 2.93. The smallest absolute Gasteiger partial charge is 0.0519 e. The molecule has 2 nitrogen and oxygen atoms in total. The molecule has 0 saturated carbocycles. The van der Waals surface area contributed by atoms with Gasteiger partial charge in [-0.15, -0.1) is 11.3 Å². The van der Waals surface area contributed by atoms with Crippen molar-refractivity contribution in [1.29, 1.82) is 0 Å². The monoisotopic (exact) mass is 402 g/mol. The fraction of sp³-hybridized carbons (Fsp3) is 0.286. The van der Waals surface area contributed by atoms with Crippen LogP contribution in [-0.4, -0.2) is 7.05 Å². The number of thiophene rings is 1. The lowest BCUT2D eigenvalue weighted by molar-refractivity contribution is 0.812. The van der Waals surface area contributed by atoms with E-state index in [1.165, 1.54) is 10.6 Å². The van der Waals surface area contributed by atoms with E-state index in [4.69, 9.17) is 5.73 Å². The van der Waals surface area contributed by atoms with Gasteiger partial charge in [0.2, 0.25) is 0 Å². The Morgan fingerprint density at radius 1 is 1.32 bits per heavy atom. The van der Waals surface area contributed by atoms with Gasteiger partial charge in [0, 0.05) is 38.0 Å². The molecule has 0 fully saturated rings. The number of rotatable bonds is 4. The Balaban J connectivity index is 2.15. The molecule has 1 heterocycles. The molecular weight excluding hydrogens is 388 g/mol. The van der Waals surface area contributed by atoms with Gasteiger partial charge in [0.1, 0.15) is 0 Å². The maximum absolute atomic E-state index is 5.92. The number of hydrogen-bond donors (Lipinski definition) is 1. The molecule has 102 valence electrons. The van der Waals surface area contributed by atoms with Crippen molar-refractivity contribution in [2.75, 3.05) is 11.9 Å². The van der Waals surface area contributed by atoms with Gasteiger partial charge in [0.05, 0.1) is 6.54 Å². The van der Waals surface area contributed by atoms with Crippen molar-refractivity contribution < 1.29 is 0 Å². The van der Waals surface area contributed by atoms with Gasteiger partial charge in [0.15, 0.2) is 0 Å². The predicted molar refractivity (Wildman–Crippen MR) is 90.9 cm³/mol. The van der Waals surface area contributed by atoms with Crippen LogP contribution in [0.2, 0.25) is 0 Å². The Hall–Kier alpha value is -0.360. The second kappa shape index (κ2) is 6.39. The van der Waals surface area contributed by atoms with Crippen LogP contribution in [-0.2, 0) is 6.54 Å². The molecule has 1 atom stereocenters. The maximum atomic E-state index is 5.92. The van der Waals surface area contributed by atoms with E-state index >= 15 is 0 Å². The first-order valence-electron chi connectivity index (χ1n) is 5.96. The van der Waals surface area contributed by atoms with Gasteiger partial charge in [-0.3, -0.25) is 0 Å². The zero-order chi connectivity index (χ0) is 14.0. The van der Waals surface area contributed by atoms with Crippen LogP contribution in [0, 0.1) is 0 Å². The number of halogens is 2. The van der Waals surface area contributed by atoms with E-state index < -0.39 is 0 Å². The number of benzene rings is 1. The first-order chi connectivity index (χ1) is 8.97. The molecule has 5 heteroatoms. The zero-order valence-corrected chi connectivity index (χ0v) is 14.8. The van der Waals surface area contributed by atoms with Crippen LogP contribution in [0.5, 0.6) is 0 Å². The van der Waals surface area contributed by atoms with Crippen molar-refractivity contribution in [3.63, 3.8) is 0 Å². The van der Waals surface area contributed by atoms with E-state index in [0.717, 1.165) is 21.1 Å². The first kappa shape index (κ1) is 15.0. The highest BCUT2D eigenvalue weighted by molar-refractivity contribution is 9.10. The lowest BCUT2D eigenvalue weighted by Gasteiger charge is -2.20. The predicted octanol–water partition coefficient (Wildman–Crippen LogP) is 4.93. The van der Waals surface area contributed by atoms with Gasteiger partial charge in [-0.25, -0.2) is 0 Å². The van der Waals surface area contributed by atoms with Gasteiger partial charge in [-0.1, -0.05) is 22.0 Å². The number of hydrogen-bond acceptors (Lipinski definition) is 3. The maximum Gasteiger partial charge on any atom is 0.0519 e. The Morgan fingerprint density at radius 2 is 2.05 bits per heavy atom. The number of nitrogens with two attached hydrogens (primary N) is 1. The van der Waals surface area contributed by atoms with Gasteiger partial charge in [-0.05, 0) is 46.6 Å². The van der Waals surface area contributed by atoms with Crippen LogP contribution < -0.4 is 10.6 Å². The second-order valence-electron chi connectivity index (χ2n) is 4.58. The van der Waals surface area contributed by atoms with E-state index in [0.29, 0.717) is 0 Å². The van der Waals surface area contributed by atoms with Crippen molar-refractivity contribution in [3.8, 4) is 0 Å². The summed E-state index contributed by atoms with van der Waals surface area (Å²) in [6.45, 7) is 2.90. The third kappa shape index (κ3) is 3.81. The molecule has 0 radical (unpaired) electrons. The van der Waals surface area contributed by atoms with E-state index in [2.05, 4.69) is 73.5 Å². The van der Waals surface area contributed by atoms with Crippen molar-refractivity contribution in [2.24, 2.45) is 5.73 Å². The highest BCUT2D eigenvalue weighted by Gasteiger charge is 2.09. The van der Waals surface area contributed by atoms with Crippen LogP contribution in [0.15, 0.2) is 38.6 Å². The summed E-state index contributed by atoms with van der Waals surface area (Å²) in [7, 11) is 2.10. The molecule has 0 bridgehead atoms. The topological polar surface area (TPSA) is 29.3 Å². The lowest BCUT2D eigenvalue weighted by atomic mass is 10.1. The lowest BCUT2D eigenvalue weighted by Crippen LogP contribution is -2.16. The SMILES string of the molecule is C[C@H](N)c1ccc(N(C)Cc2cc(Br)cs2)cc1Br. The van der Waals surface area contributed by atoms with E-state index in [1.807, 2.05) is 6.92 Å². The molecule has 2 rings (SSSR count). The largest absolute Gasteiger partial charge is 0.369 e. The molecule has 0 amide bonds. The normalized spacial score (nSPS) is 12.5. The molecule has 0 aliphatic carbocycles. The molecule has 1 aromatic heterocycles. The Bertz CT molecular complexity index is 566. The highest BCUT2D eigenvalue weighted by atomic mass is 79.9. The van der Waals surface area contributed by atoms with Crippen molar-refractivity contribution in [1.82, 2.24) is 0 Å². The zero-order valence-electron chi connectivity index (χ0n) is 10.9. The molecule has 0 aliphatic rings. The van der Waals surface area contributed by atoms with Crippen molar-refractivity contribution >= 4 is 48.9 Å². The van der Waals surface area contributed by atoms with Crippen LogP contribution in [0.3, 0.4) is 0 Å². The first-order valence-corrected chi connectivity index (χ1v) is 8.43. The molecule has 19 heavy (non-hydrogen) atoms.